The van der Waals surface area contributed by atoms with Crippen LogP contribution in [-0.2, 0) is 11.2 Å². The van der Waals surface area contributed by atoms with E-state index in [4.69, 9.17) is 0 Å². The fraction of sp³-hybridized carbons (Fsp3) is 0.310. The first-order valence-corrected chi connectivity index (χ1v) is 12.4. The molecule has 1 atom stereocenters. The zero-order valence-electron chi connectivity index (χ0n) is 20.7. The van der Waals surface area contributed by atoms with Gasteiger partial charge >= 0.3 is 6.03 Å². The summed E-state index contributed by atoms with van der Waals surface area (Å²) >= 11 is 0. The molecule has 3 aromatic rings. The Balaban J connectivity index is 1.58. The van der Waals surface area contributed by atoms with Crippen molar-refractivity contribution in [3.63, 3.8) is 0 Å². The molecule has 0 spiro atoms. The summed E-state index contributed by atoms with van der Waals surface area (Å²) in [6, 6.07) is 26.4. The fourth-order valence-corrected chi connectivity index (χ4v) is 3.94. The molecule has 0 aromatic heterocycles. The van der Waals surface area contributed by atoms with Crippen molar-refractivity contribution < 1.29 is 9.59 Å². The lowest BCUT2D eigenvalue weighted by molar-refractivity contribution is -0.122. The fourth-order valence-electron chi connectivity index (χ4n) is 3.94. The number of urea groups is 1. The van der Waals surface area contributed by atoms with E-state index in [1.165, 1.54) is 0 Å². The van der Waals surface area contributed by atoms with Crippen LogP contribution >= 0.6 is 0 Å². The molecule has 3 N–H and O–H groups in total. The Morgan fingerprint density at radius 3 is 2.03 bits per heavy atom. The van der Waals surface area contributed by atoms with Crippen molar-refractivity contribution in [2.45, 2.75) is 32.7 Å². The number of nitrogens with one attached hydrogen (secondary N) is 3. The number of hydrogen-bond donors (Lipinski definition) is 3. The van der Waals surface area contributed by atoms with Gasteiger partial charge in [0.05, 0.1) is 0 Å². The van der Waals surface area contributed by atoms with Crippen LogP contribution in [0.4, 0.5) is 10.5 Å². The van der Waals surface area contributed by atoms with Crippen molar-refractivity contribution in [3.05, 3.63) is 90.5 Å². The lowest BCUT2D eigenvalue weighted by atomic mass is 10.1. The minimum absolute atomic E-state index is 0.178. The Kier molecular flexibility index (Phi) is 10.3. The predicted octanol–water partition coefficient (Wildman–Crippen LogP) is 4.93. The van der Waals surface area contributed by atoms with Gasteiger partial charge in [0.2, 0.25) is 5.91 Å². The Morgan fingerprint density at radius 2 is 1.40 bits per heavy atom. The molecule has 0 fully saturated rings. The number of benzene rings is 3. The molecular formula is C29H36N4O2. The third-order valence-corrected chi connectivity index (χ3v) is 6.00. The van der Waals surface area contributed by atoms with Gasteiger partial charge in [-0.05, 0) is 54.9 Å². The molecule has 0 radical (unpaired) electrons. The van der Waals surface area contributed by atoms with Crippen molar-refractivity contribution in [1.29, 1.82) is 0 Å². The summed E-state index contributed by atoms with van der Waals surface area (Å²) < 4.78 is 0. The third-order valence-electron chi connectivity index (χ3n) is 6.00. The van der Waals surface area contributed by atoms with Crippen molar-refractivity contribution >= 4 is 17.6 Å². The highest BCUT2D eigenvalue weighted by Gasteiger charge is 2.21. The molecule has 35 heavy (non-hydrogen) atoms. The second-order valence-corrected chi connectivity index (χ2v) is 8.46. The van der Waals surface area contributed by atoms with Gasteiger partial charge < -0.3 is 20.9 Å². The van der Waals surface area contributed by atoms with Crippen LogP contribution in [0.15, 0.2) is 84.9 Å². The molecule has 0 aliphatic heterocycles. The normalized spacial score (nSPS) is 11.6. The quantitative estimate of drug-likeness (QED) is 0.327. The summed E-state index contributed by atoms with van der Waals surface area (Å²) in [6.07, 6.45) is 1.29. The van der Waals surface area contributed by atoms with Crippen LogP contribution in [0.25, 0.3) is 11.1 Å². The van der Waals surface area contributed by atoms with E-state index in [2.05, 4.69) is 34.7 Å². The molecule has 184 valence electrons. The van der Waals surface area contributed by atoms with E-state index in [0.717, 1.165) is 42.7 Å². The first-order valence-electron chi connectivity index (χ1n) is 12.4. The Labute approximate surface area is 208 Å². The maximum absolute atomic E-state index is 13.0. The molecule has 6 heteroatoms. The van der Waals surface area contributed by atoms with Gasteiger partial charge in [0.15, 0.2) is 0 Å². The maximum atomic E-state index is 13.0. The largest absolute Gasteiger partial charge is 0.354 e. The van der Waals surface area contributed by atoms with E-state index >= 15 is 0 Å². The van der Waals surface area contributed by atoms with Crippen LogP contribution in [0, 0.1) is 0 Å². The first-order chi connectivity index (χ1) is 17.1. The van der Waals surface area contributed by atoms with Crippen molar-refractivity contribution in [2.75, 3.05) is 31.5 Å². The van der Waals surface area contributed by atoms with Gasteiger partial charge in [0.25, 0.3) is 0 Å². The summed E-state index contributed by atoms with van der Waals surface area (Å²) in [7, 11) is 0. The predicted molar refractivity (Wildman–Crippen MR) is 143 cm³/mol. The zero-order chi connectivity index (χ0) is 24.9. The summed E-state index contributed by atoms with van der Waals surface area (Å²) in [4.78, 5) is 28.0. The van der Waals surface area contributed by atoms with Gasteiger partial charge in [-0.1, -0.05) is 86.6 Å². The van der Waals surface area contributed by atoms with Gasteiger partial charge in [0, 0.05) is 18.7 Å². The number of rotatable bonds is 12. The maximum Gasteiger partial charge on any atom is 0.319 e. The van der Waals surface area contributed by atoms with Gasteiger partial charge in [-0.2, -0.15) is 0 Å². The Hall–Kier alpha value is -3.64. The molecule has 6 nitrogen and oxygen atoms in total. The monoisotopic (exact) mass is 472 g/mol. The highest BCUT2D eigenvalue weighted by molar-refractivity contribution is 5.94. The molecule has 0 heterocycles. The zero-order valence-corrected chi connectivity index (χ0v) is 20.7. The number of hydrogen-bond acceptors (Lipinski definition) is 3. The van der Waals surface area contributed by atoms with E-state index in [1.54, 1.807) is 0 Å². The average molecular weight is 473 g/mol. The molecule has 0 bridgehead atoms. The van der Waals surface area contributed by atoms with Gasteiger partial charge in [-0.25, -0.2) is 4.79 Å². The first kappa shape index (κ1) is 26.0. The van der Waals surface area contributed by atoms with Crippen molar-refractivity contribution in [1.82, 2.24) is 15.5 Å². The molecule has 0 aliphatic carbocycles. The standard InChI is InChI=1S/C29H36N4O2/c1-3-33(4-2)21-11-20-30-28(34)27(22-23-12-7-5-8-13-23)32-29(35)31-26-18-16-25(17-19-26)24-14-9-6-10-15-24/h5-10,12-19,27H,3-4,11,20-22H2,1-2H3,(H,30,34)(H2,31,32,35). The number of carbonyl (C=O) groups is 2. The highest BCUT2D eigenvalue weighted by Crippen LogP contribution is 2.21. The van der Waals surface area contributed by atoms with Gasteiger partial charge in [-0.3, -0.25) is 4.79 Å². The Bertz CT molecular complexity index is 1040. The number of carbonyl (C=O) groups excluding carboxylic acids is 2. The second kappa shape index (κ2) is 13.9. The van der Waals surface area contributed by atoms with Crippen LogP contribution < -0.4 is 16.0 Å². The summed E-state index contributed by atoms with van der Waals surface area (Å²) in [5.41, 5.74) is 3.84. The van der Waals surface area contributed by atoms with Crippen molar-refractivity contribution in [2.24, 2.45) is 0 Å². The third kappa shape index (κ3) is 8.58. The minimum Gasteiger partial charge on any atom is -0.354 e. The topological polar surface area (TPSA) is 73.5 Å². The lowest BCUT2D eigenvalue weighted by Gasteiger charge is -2.21. The smallest absolute Gasteiger partial charge is 0.319 e. The Morgan fingerprint density at radius 1 is 0.800 bits per heavy atom. The number of amides is 3. The summed E-state index contributed by atoms with van der Waals surface area (Å²) in [6.45, 7) is 7.77. The lowest BCUT2D eigenvalue weighted by Crippen LogP contribution is -2.49. The van der Waals surface area contributed by atoms with E-state index in [1.807, 2.05) is 84.9 Å². The van der Waals surface area contributed by atoms with Crippen LogP contribution in [-0.4, -0.2) is 49.1 Å². The molecule has 3 aromatic carbocycles. The van der Waals surface area contributed by atoms with Crippen LogP contribution in [0.2, 0.25) is 0 Å². The van der Waals surface area contributed by atoms with Crippen LogP contribution in [0.3, 0.4) is 0 Å². The van der Waals surface area contributed by atoms with Gasteiger partial charge in [-0.15, -0.1) is 0 Å². The SMILES string of the molecule is CCN(CC)CCCNC(=O)C(Cc1ccccc1)NC(=O)Nc1ccc(-c2ccccc2)cc1. The molecule has 1 unspecified atom stereocenters. The van der Waals surface area contributed by atoms with Gasteiger partial charge in [0.1, 0.15) is 6.04 Å². The molecule has 3 rings (SSSR count). The highest BCUT2D eigenvalue weighted by atomic mass is 16.2. The molecular weight excluding hydrogens is 436 g/mol. The van der Waals surface area contributed by atoms with E-state index in [0.29, 0.717) is 18.7 Å². The van der Waals surface area contributed by atoms with Crippen LogP contribution in [0.1, 0.15) is 25.8 Å². The molecule has 3 amide bonds. The summed E-state index contributed by atoms with van der Waals surface area (Å²) in [5, 5.41) is 8.71. The second-order valence-electron chi connectivity index (χ2n) is 8.46. The van der Waals surface area contributed by atoms with E-state index in [9.17, 15) is 9.59 Å². The van der Waals surface area contributed by atoms with E-state index in [-0.39, 0.29) is 5.91 Å². The van der Waals surface area contributed by atoms with Crippen molar-refractivity contribution in [3.8, 4) is 11.1 Å². The number of nitrogens with zero attached hydrogens (tertiary/aromatic N) is 1. The average Bonchev–Trinajstić information content (AvgIpc) is 2.90. The minimum atomic E-state index is -0.672. The molecule has 0 saturated carbocycles. The summed E-state index contributed by atoms with van der Waals surface area (Å²) in [5.74, 6) is -0.178. The molecule has 0 saturated heterocycles. The molecule has 0 aliphatic rings. The number of anilines is 1. The van der Waals surface area contributed by atoms with E-state index < -0.39 is 12.1 Å². The van der Waals surface area contributed by atoms with Crippen LogP contribution in [0.5, 0.6) is 0 Å².